The van der Waals surface area contributed by atoms with Gasteiger partial charge in [-0.2, -0.15) is 0 Å². The highest BCUT2D eigenvalue weighted by molar-refractivity contribution is 7.92. The summed E-state index contributed by atoms with van der Waals surface area (Å²) in [5, 5.41) is 0. The molecule has 0 aliphatic carbocycles. The number of nitrogens with one attached hydrogen (secondary N) is 1. The molecular formula is C18H18N2O6S. The van der Waals surface area contributed by atoms with Crippen LogP contribution in [-0.4, -0.2) is 34.5 Å². The molecule has 2 aromatic rings. The van der Waals surface area contributed by atoms with Gasteiger partial charge in [0.15, 0.2) is 0 Å². The van der Waals surface area contributed by atoms with Crippen molar-refractivity contribution < 1.29 is 27.5 Å². The van der Waals surface area contributed by atoms with E-state index in [-0.39, 0.29) is 35.2 Å². The molecule has 0 saturated carbocycles. The van der Waals surface area contributed by atoms with Crippen LogP contribution in [-0.2, 0) is 19.6 Å². The fourth-order valence-electron chi connectivity index (χ4n) is 2.74. The van der Waals surface area contributed by atoms with Crippen molar-refractivity contribution in [2.45, 2.75) is 17.7 Å². The topological polar surface area (TPSA) is 102 Å². The van der Waals surface area contributed by atoms with Crippen molar-refractivity contribution in [2.24, 2.45) is 0 Å². The molecule has 8 nitrogen and oxygen atoms in total. The lowest BCUT2D eigenvalue weighted by molar-refractivity contribution is -0.121. The molecule has 1 fully saturated rings. The van der Waals surface area contributed by atoms with E-state index in [9.17, 15) is 18.0 Å². The van der Waals surface area contributed by atoms with Crippen LogP contribution in [0.2, 0.25) is 0 Å². The first-order valence-corrected chi connectivity index (χ1v) is 9.55. The van der Waals surface area contributed by atoms with Gasteiger partial charge in [-0.15, -0.1) is 0 Å². The Morgan fingerprint density at radius 1 is 0.926 bits per heavy atom. The minimum Gasteiger partial charge on any atom is -0.497 e. The number of carbonyl (C=O) groups is 2. The summed E-state index contributed by atoms with van der Waals surface area (Å²) in [7, 11) is -1.01. The predicted molar refractivity (Wildman–Crippen MR) is 98.5 cm³/mol. The highest BCUT2D eigenvalue weighted by atomic mass is 32.2. The molecule has 1 aliphatic rings. The Balaban J connectivity index is 1.88. The molecule has 0 bridgehead atoms. The molecule has 2 aromatic carbocycles. The van der Waals surface area contributed by atoms with Crippen LogP contribution in [0.5, 0.6) is 11.5 Å². The lowest BCUT2D eigenvalue weighted by Gasteiger charge is -2.15. The monoisotopic (exact) mass is 390 g/mol. The minimum absolute atomic E-state index is 0.0183. The van der Waals surface area contributed by atoms with E-state index in [0.717, 1.165) is 4.90 Å². The van der Waals surface area contributed by atoms with Crippen LogP contribution in [0.3, 0.4) is 0 Å². The molecular weight excluding hydrogens is 372 g/mol. The number of methoxy groups -OCH3 is 2. The lowest BCUT2D eigenvalue weighted by atomic mass is 10.3. The number of rotatable bonds is 6. The summed E-state index contributed by atoms with van der Waals surface area (Å²) in [6.45, 7) is 0. The number of nitrogens with zero attached hydrogens (tertiary/aromatic N) is 1. The Hall–Kier alpha value is -3.07. The molecule has 1 aliphatic heterocycles. The van der Waals surface area contributed by atoms with Gasteiger partial charge in [0.2, 0.25) is 11.8 Å². The highest BCUT2D eigenvalue weighted by Gasteiger charge is 2.30. The Kier molecular flexibility index (Phi) is 5.04. The Bertz CT molecular complexity index is 969. The van der Waals surface area contributed by atoms with E-state index in [4.69, 9.17) is 9.47 Å². The maximum absolute atomic E-state index is 12.7. The number of anilines is 2. The fourth-order valence-corrected chi connectivity index (χ4v) is 3.80. The van der Waals surface area contributed by atoms with Gasteiger partial charge in [0.25, 0.3) is 10.0 Å². The number of hydrogen-bond donors (Lipinski definition) is 1. The molecule has 9 heteroatoms. The molecule has 0 radical (unpaired) electrons. The van der Waals surface area contributed by atoms with E-state index in [2.05, 4.69) is 4.72 Å². The van der Waals surface area contributed by atoms with Crippen LogP contribution in [0.15, 0.2) is 47.4 Å². The van der Waals surface area contributed by atoms with Gasteiger partial charge < -0.3 is 9.47 Å². The average molecular weight is 390 g/mol. The summed E-state index contributed by atoms with van der Waals surface area (Å²) in [5.74, 6) is 0.212. The van der Waals surface area contributed by atoms with Gasteiger partial charge in [0.05, 0.1) is 30.5 Å². The van der Waals surface area contributed by atoms with Gasteiger partial charge >= 0.3 is 0 Å². The summed E-state index contributed by atoms with van der Waals surface area (Å²) in [5.41, 5.74) is 0.575. The third-order valence-corrected chi connectivity index (χ3v) is 5.49. The normalized spacial score (nSPS) is 14.4. The summed E-state index contributed by atoms with van der Waals surface area (Å²) in [6, 6.07) is 10.3. The predicted octanol–water partition coefficient (Wildman–Crippen LogP) is 2.16. The zero-order valence-electron chi connectivity index (χ0n) is 14.8. The third-order valence-electron chi connectivity index (χ3n) is 4.11. The molecule has 2 amide bonds. The number of carbonyl (C=O) groups excluding carboxylic acids is 2. The van der Waals surface area contributed by atoms with E-state index in [1.54, 1.807) is 12.1 Å². The Morgan fingerprint density at radius 2 is 1.56 bits per heavy atom. The van der Waals surface area contributed by atoms with Crippen molar-refractivity contribution in [3.05, 3.63) is 42.5 Å². The van der Waals surface area contributed by atoms with Crippen LogP contribution in [0, 0.1) is 0 Å². The van der Waals surface area contributed by atoms with E-state index >= 15 is 0 Å². The maximum Gasteiger partial charge on any atom is 0.262 e. The molecule has 1 N–H and O–H groups in total. The number of imide groups is 1. The van der Waals surface area contributed by atoms with E-state index < -0.39 is 10.0 Å². The highest BCUT2D eigenvalue weighted by Crippen LogP contribution is 2.31. The molecule has 0 atom stereocenters. The molecule has 142 valence electrons. The number of ether oxygens (including phenoxy) is 2. The molecule has 3 rings (SSSR count). The zero-order chi connectivity index (χ0) is 19.6. The maximum atomic E-state index is 12.7. The van der Waals surface area contributed by atoms with Crippen LogP contribution in [0.25, 0.3) is 0 Å². The molecule has 1 heterocycles. The van der Waals surface area contributed by atoms with E-state index in [1.165, 1.54) is 44.6 Å². The average Bonchev–Trinajstić information content (AvgIpc) is 2.99. The SMILES string of the molecule is COc1ccc(OC)c(NS(=O)(=O)c2ccc(N3C(=O)CCC3=O)cc2)c1. The Morgan fingerprint density at radius 3 is 2.11 bits per heavy atom. The van der Waals surface area contributed by atoms with Gasteiger partial charge in [-0.3, -0.25) is 19.2 Å². The first kappa shape index (κ1) is 18.7. The zero-order valence-corrected chi connectivity index (χ0v) is 15.6. The minimum atomic E-state index is -3.91. The van der Waals surface area contributed by atoms with Crippen LogP contribution < -0.4 is 19.1 Å². The van der Waals surface area contributed by atoms with Gasteiger partial charge in [0, 0.05) is 18.9 Å². The van der Waals surface area contributed by atoms with Crippen LogP contribution in [0.4, 0.5) is 11.4 Å². The third kappa shape index (κ3) is 3.72. The fraction of sp³-hybridized carbons (Fsp3) is 0.222. The summed E-state index contributed by atoms with van der Waals surface area (Å²) in [4.78, 5) is 24.6. The standard InChI is InChI=1S/C18H18N2O6S/c1-25-13-5-8-16(26-2)15(11-13)19-27(23,24)14-6-3-12(4-7-14)20-17(21)9-10-18(20)22/h3-8,11,19H,9-10H2,1-2H3. The van der Waals surface area contributed by atoms with Gasteiger partial charge in [0.1, 0.15) is 11.5 Å². The molecule has 1 saturated heterocycles. The molecule has 27 heavy (non-hydrogen) atoms. The van der Waals surface area contributed by atoms with Crippen molar-refractivity contribution in [3.8, 4) is 11.5 Å². The van der Waals surface area contributed by atoms with Gasteiger partial charge in [-0.25, -0.2) is 8.42 Å². The van der Waals surface area contributed by atoms with Gasteiger partial charge in [-0.1, -0.05) is 0 Å². The Labute approximate surface area is 156 Å². The van der Waals surface area contributed by atoms with Gasteiger partial charge in [-0.05, 0) is 36.4 Å². The second kappa shape index (κ2) is 7.28. The second-order valence-corrected chi connectivity index (χ2v) is 7.47. The van der Waals surface area contributed by atoms with Crippen LogP contribution >= 0.6 is 0 Å². The lowest BCUT2D eigenvalue weighted by Crippen LogP contribution is -2.28. The number of benzene rings is 2. The molecule has 0 spiro atoms. The van der Waals surface area contributed by atoms with Crippen molar-refractivity contribution in [1.82, 2.24) is 0 Å². The van der Waals surface area contributed by atoms with E-state index in [0.29, 0.717) is 17.2 Å². The summed E-state index contributed by atoms with van der Waals surface area (Å²) < 4.78 is 38.1. The van der Waals surface area contributed by atoms with Crippen molar-refractivity contribution in [3.63, 3.8) is 0 Å². The number of amides is 2. The van der Waals surface area contributed by atoms with Crippen molar-refractivity contribution in [2.75, 3.05) is 23.8 Å². The largest absolute Gasteiger partial charge is 0.497 e. The van der Waals surface area contributed by atoms with Crippen molar-refractivity contribution in [1.29, 1.82) is 0 Å². The summed E-state index contributed by atoms with van der Waals surface area (Å²) >= 11 is 0. The molecule has 0 unspecified atom stereocenters. The first-order chi connectivity index (χ1) is 12.9. The van der Waals surface area contributed by atoms with Crippen molar-refractivity contribution >= 4 is 33.2 Å². The molecule has 0 aromatic heterocycles. The smallest absolute Gasteiger partial charge is 0.262 e. The number of sulfonamides is 1. The van der Waals surface area contributed by atoms with E-state index in [1.807, 2.05) is 0 Å². The first-order valence-electron chi connectivity index (χ1n) is 8.06. The summed E-state index contributed by atoms with van der Waals surface area (Å²) in [6.07, 6.45) is 0.326. The van der Waals surface area contributed by atoms with Crippen LogP contribution in [0.1, 0.15) is 12.8 Å². The number of hydrogen-bond acceptors (Lipinski definition) is 6. The quantitative estimate of drug-likeness (QED) is 0.759. The second-order valence-electron chi connectivity index (χ2n) is 5.79.